The van der Waals surface area contributed by atoms with Gasteiger partial charge in [-0.05, 0) is 40.2 Å². The first kappa shape index (κ1) is 34.1. The fourth-order valence-corrected chi connectivity index (χ4v) is 4.09. The fourth-order valence-electron chi connectivity index (χ4n) is 3.87. The highest BCUT2D eigenvalue weighted by molar-refractivity contribution is 6.31. The second-order valence-electron chi connectivity index (χ2n) is 9.36. The van der Waals surface area contributed by atoms with Gasteiger partial charge in [-0.2, -0.15) is 13.2 Å². The SMILES string of the molecule is C#C.CCc1nc(C)c(C)c(O[C@H]2C[C@@H](O)C[C@@H](CO)O2)c1/C=N/OC(C)C(C)Oc1ncc(C(F)(F)F)cc1Cl. The molecule has 2 N–H and O–H groups in total. The van der Waals surface area contributed by atoms with Crippen LogP contribution >= 0.6 is 11.6 Å². The molecule has 1 fully saturated rings. The Morgan fingerprint density at radius 1 is 1.24 bits per heavy atom. The van der Waals surface area contributed by atoms with Gasteiger partial charge in [0.25, 0.3) is 0 Å². The van der Waals surface area contributed by atoms with Gasteiger partial charge < -0.3 is 29.3 Å². The maximum Gasteiger partial charge on any atom is 0.417 e. The molecule has 0 aliphatic carbocycles. The summed E-state index contributed by atoms with van der Waals surface area (Å²) in [5.41, 5.74) is 1.80. The number of hydrogen-bond acceptors (Lipinski definition) is 9. The number of oxime groups is 1. The van der Waals surface area contributed by atoms with Crippen LogP contribution in [0.2, 0.25) is 5.02 Å². The molecule has 13 heteroatoms. The van der Waals surface area contributed by atoms with Crippen LogP contribution in [0.15, 0.2) is 17.4 Å². The molecule has 1 aliphatic heterocycles. The third kappa shape index (κ3) is 9.19. The summed E-state index contributed by atoms with van der Waals surface area (Å²) in [4.78, 5) is 13.9. The molecule has 3 rings (SSSR count). The van der Waals surface area contributed by atoms with Crippen LogP contribution in [0.3, 0.4) is 0 Å². The van der Waals surface area contributed by atoms with Gasteiger partial charge in [-0.15, -0.1) is 12.8 Å². The number of aromatic nitrogens is 2. The topological polar surface area (TPSA) is 116 Å². The van der Waals surface area contributed by atoms with Gasteiger partial charge >= 0.3 is 6.18 Å². The van der Waals surface area contributed by atoms with Gasteiger partial charge in [0.15, 0.2) is 6.10 Å². The van der Waals surface area contributed by atoms with Crippen LogP contribution in [-0.4, -0.2) is 63.7 Å². The van der Waals surface area contributed by atoms with Crippen LogP contribution in [0.5, 0.6) is 11.6 Å². The molecule has 0 saturated carbocycles. The number of terminal acetylenes is 1. The zero-order chi connectivity index (χ0) is 30.9. The lowest BCUT2D eigenvalue weighted by Gasteiger charge is -2.33. The standard InChI is InChI=1S/C26H33ClF3N3O6.C2H2/c1-6-22-20(24(13(2)14(3)33-22)38-23-9-18(35)8-19(12-34)37-23)11-32-39-16(5)15(4)36-25-21(27)7-17(10-31-25)26(28,29)30;1-2/h7,10-11,15-16,18-19,23,34-35H,6,8-9,12H2,1-5H3;1-2H/b32-11+;/t15?,16?,18-,19-,23-;/m0./s1. The normalized spacial score (nSPS) is 20.6. The maximum absolute atomic E-state index is 12.9. The highest BCUT2D eigenvalue weighted by atomic mass is 35.5. The highest BCUT2D eigenvalue weighted by Crippen LogP contribution is 2.34. The number of pyridine rings is 2. The van der Waals surface area contributed by atoms with Gasteiger partial charge in [0.2, 0.25) is 12.2 Å². The Labute approximate surface area is 242 Å². The summed E-state index contributed by atoms with van der Waals surface area (Å²) in [7, 11) is 0. The molecule has 2 aromatic heterocycles. The van der Waals surface area contributed by atoms with Crippen LogP contribution in [0.4, 0.5) is 13.2 Å². The number of alkyl halides is 3. The molecule has 0 amide bonds. The monoisotopic (exact) mass is 601 g/mol. The number of aliphatic hydroxyl groups excluding tert-OH is 2. The lowest BCUT2D eigenvalue weighted by Crippen LogP contribution is -2.40. The Bertz CT molecular complexity index is 1210. The van der Waals surface area contributed by atoms with Crippen LogP contribution in [0, 0.1) is 26.7 Å². The van der Waals surface area contributed by atoms with E-state index >= 15 is 0 Å². The van der Waals surface area contributed by atoms with Crippen molar-refractivity contribution in [2.45, 2.75) is 90.8 Å². The molecule has 2 unspecified atom stereocenters. The first-order chi connectivity index (χ1) is 19.3. The van der Waals surface area contributed by atoms with E-state index in [1.54, 1.807) is 13.8 Å². The fraction of sp³-hybridized carbons (Fsp3) is 0.536. The average molecular weight is 602 g/mol. The zero-order valence-electron chi connectivity index (χ0n) is 23.5. The van der Waals surface area contributed by atoms with Crippen molar-refractivity contribution in [3.8, 4) is 24.5 Å². The molecule has 0 radical (unpaired) electrons. The van der Waals surface area contributed by atoms with Crippen molar-refractivity contribution in [1.82, 2.24) is 9.97 Å². The second-order valence-corrected chi connectivity index (χ2v) is 9.76. The van der Waals surface area contributed by atoms with Crippen molar-refractivity contribution in [3.05, 3.63) is 45.4 Å². The maximum atomic E-state index is 12.9. The first-order valence-corrected chi connectivity index (χ1v) is 13.2. The van der Waals surface area contributed by atoms with E-state index in [0.29, 0.717) is 36.0 Å². The zero-order valence-corrected chi connectivity index (χ0v) is 24.2. The Morgan fingerprint density at radius 2 is 1.93 bits per heavy atom. The molecule has 9 nitrogen and oxygen atoms in total. The summed E-state index contributed by atoms with van der Waals surface area (Å²) in [6, 6.07) is 0.749. The van der Waals surface area contributed by atoms with E-state index in [1.165, 1.54) is 6.21 Å². The number of nitrogens with zero attached hydrogens (tertiary/aromatic N) is 3. The van der Waals surface area contributed by atoms with Gasteiger partial charge in [0.1, 0.15) is 16.9 Å². The number of ether oxygens (including phenoxy) is 3. The molecule has 2 aromatic rings. The molecule has 0 bridgehead atoms. The Hall–Kier alpha value is -3.11. The van der Waals surface area contributed by atoms with Crippen LogP contribution < -0.4 is 9.47 Å². The average Bonchev–Trinajstić information content (AvgIpc) is 2.93. The smallest absolute Gasteiger partial charge is 0.417 e. The lowest BCUT2D eigenvalue weighted by molar-refractivity contribution is -0.184. The minimum Gasteiger partial charge on any atom is -0.470 e. The van der Waals surface area contributed by atoms with Crippen LogP contribution in [0.25, 0.3) is 0 Å². The largest absolute Gasteiger partial charge is 0.470 e. The molecule has 0 aromatic carbocycles. The number of aliphatic hydroxyl groups is 2. The van der Waals surface area contributed by atoms with E-state index in [-0.39, 0.29) is 23.9 Å². The predicted octanol–water partition coefficient (Wildman–Crippen LogP) is 5.02. The molecule has 226 valence electrons. The molecular formula is C28H35ClF3N3O6. The van der Waals surface area contributed by atoms with Crippen LogP contribution in [0.1, 0.15) is 61.7 Å². The van der Waals surface area contributed by atoms with E-state index in [2.05, 4.69) is 28.0 Å². The van der Waals surface area contributed by atoms with Crippen LogP contribution in [-0.2, 0) is 22.2 Å². The Balaban J connectivity index is 0.00000287. The van der Waals surface area contributed by atoms with Crippen molar-refractivity contribution >= 4 is 17.8 Å². The third-order valence-corrected chi connectivity index (χ3v) is 6.65. The highest BCUT2D eigenvalue weighted by Gasteiger charge is 2.33. The van der Waals surface area contributed by atoms with E-state index in [9.17, 15) is 23.4 Å². The van der Waals surface area contributed by atoms with Gasteiger partial charge in [0, 0.05) is 30.3 Å². The molecule has 3 heterocycles. The van der Waals surface area contributed by atoms with Crippen molar-refractivity contribution in [2.75, 3.05) is 6.61 Å². The quantitative estimate of drug-likeness (QED) is 0.222. The van der Waals surface area contributed by atoms with Gasteiger partial charge in [-0.1, -0.05) is 23.7 Å². The summed E-state index contributed by atoms with van der Waals surface area (Å²) in [6.45, 7) is 8.71. The predicted molar refractivity (Wildman–Crippen MR) is 147 cm³/mol. The molecular weight excluding hydrogens is 567 g/mol. The van der Waals surface area contributed by atoms with E-state index in [1.807, 2.05) is 20.8 Å². The summed E-state index contributed by atoms with van der Waals surface area (Å²) in [5, 5.41) is 23.5. The Kier molecular flexibility index (Phi) is 12.6. The molecule has 5 atom stereocenters. The second kappa shape index (κ2) is 15.2. The molecule has 1 saturated heterocycles. The number of hydrogen-bond donors (Lipinski definition) is 2. The minimum atomic E-state index is -4.57. The molecule has 0 spiro atoms. The number of halogens is 4. The van der Waals surface area contributed by atoms with Gasteiger partial charge in [-0.3, -0.25) is 4.98 Å². The minimum absolute atomic E-state index is 0.158. The number of aryl methyl sites for hydroxylation is 2. The Morgan fingerprint density at radius 3 is 2.51 bits per heavy atom. The summed E-state index contributed by atoms with van der Waals surface area (Å²) >= 11 is 5.94. The summed E-state index contributed by atoms with van der Waals surface area (Å²) < 4.78 is 56.1. The van der Waals surface area contributed by atoms with E-state index in [4.69, 9.17) is 30.6 Å². The lowest BCUT2D eigenvalue weighted by atomic mass is 10.0. The van der Waals surface area contributed by atoms with Crippen molar-refractivity contribution in [1.29, 1.82) is 0 Å². The summed E-state index contributed by atoms with van der Waals surface area (Å²) in [5.74, 6) is 0.315. The summed E-state index contributed by atoms with van der Waals surface area (Å²) in [6.07, 6.45) is 3.35. The molecule has 1 aliphatic rings. The van der Waals surface area contributed by atoms with Crippen molar-refractivity contribution < 1.29 is 42.4 Å². The molecule has 41 heavy (non-hydrogen) atoms. The van der Waals surface area contributed by atoms with Crippen molar-refractivity contribution in [3.63, 3.8) is 0 Å². The van der Waals surface area contributed by atoms with E-state index < -0.39 is 42.4 Å². The van der Waals surface area contributed by atoms with Gasteiger partial charge in [-0.25, -0.2) is 4.98 Å². The van der Waals surface area contributed by atoms with E-state index in [0.717, 1.165) is 17.3 Å². The van der Waals surface area contributed by atoms with Gasteiger partial charge in [0.05, 0.1) is 41.9 Å². The first-order valence-electron chi connectivity index (χ1n) is 12.9. The number of rotatable bonds is 10. The third-order valence-electron chi connectivity index (χ3n) is 6.38. The van der Waals surface area contributed by atoms with Crippen molar-refractivity contribution in [2.24, 2.45) is 5.16 Å².